The van der Waals surface area contributed by atoms with Crippen molar-refractivity contribution < 1.29 is 26.3 Å². The van der Waals surface area contributed by atoms with Gasteiger partial charge in [0, 0.05) is 55.9 Å². The fourth-order valence-electron chi connectivity index (χ4n) is 9.05. The molecule has 0 fully saturated rings. The van der Waals surface area contributed by atoms with Crippen molar-refractivity contribution in [3.63, 3.8) is 0 Å². The van der Waals surface area contributed by atoms with Gasteiger partial charge < -0.3 is 14.4 Å². The first-order valence-corrected chi connectivity index (χ1v) is 22.6. The van der Waals surface area contributed by atoms with Crippen molar-refractivity contribution >= 4 is 55.9 Å². The van der Waals surface area contributed by atoms with Crippen molar-refractivity contribution in [2.24, 2.45) is 0 Å². The first kappa shape index (κ1) is 44.5. The summed E-state index contributed by atoms with van der Waals surface area (Å²) in [6.07, 6.45) is -9.83. The topological polar surface area (TPSA) is 50.1 Å². The molecule has 11 aromatic rings. The average Bonchev–Trinajstić information content (AvgIpc) is 3.72. The van der Waals surface area contributed by atoms with Gasteiger partial charge in [0.15, 0.2) is 17.5 Å². The highest BCUT2D eigenvalue weighted by atomic mass is 19.4. The largest absolute Gasteiger partial charge is 0.418 e. The monoisotopic (exact) mass is 944 g/mol. The highest BCUT2D eigenvalue weighted by molar-refractivity contribution is 6.13. The van der Waals surface area contributed by atoms with Crippen LogP contribution in [0.1, 0.15) is 11.1 Å². The van der Waals surface area contributed by atoms with Gasteiger partial charge in [-0.2, -0.15) is 26.3 Å². The van der Waals surface area contributed by atoms with E-state index in [4.69, 9.17) is 15.0 Å². The minimum Gasteiger partial charge on any atom is -0.310 e. The number of hydrogen-bond donors (Lipinski definition) is 0. The van der Waals surface area contributed by atoms with Gasteiger partial charge in [-0.1, -0.05) is 133 Å². The maximum atomic E-state index is 15.9. The lowest BCUT2D eigenvalue weighted by atomic mass is 10.0. The lowest BCUT2D eigenvalue weighted by Crippen LogP contribution is -2.17. The van der Waals surface area contributed by atoms with E-state index in [9.17, 15) is 0 Å². The molecule has 2 heterocycles. The van der Waals surface area contributed by atoms with Crippen LogP contribution < -0.4 is 9.80 Å². The normalized spacial score (nSPS) is 11.8. The van der Waals surface area contributed by atoms with E-state index in [1.807, 2.05) is 60.7 Å². The van der Waals surface area contributed by atoms with Crippen LogP contribution >= 0.6 is 0 Å². The van der Waals surface area contributed by atoms with E-state index in [0.29, 0.717) is 51.5 Å². The first-order valence-electron chi connectivity index (χ1n) is 22.6. The second-order valence-electron chi connectivity index (χ2n) is 16.7. The van der Waals surface area contributed by atoms with Gasteiger partial charge in [-0.3, -0.25) is 0 Å². The molecule has 0 amide bonds. The van der Waals surface area contributed by atoms with Crippen molar-refractivity contribution in [1.29, 1.82) is 0 Å². The third-order valence-corrected chi connectivity index (χ3v) is 12.2. The summed E-state index contributed by atoms with van der Waals surface area (Å²) < 4.78 is 96.7. The van der Waals surface area contributed by atoms with Gasteiger partial charge in [0.1, 0.15) is 0 Å². The van der Waals surface area contributed by atoms with E-state index >= 15 is 26.3 Å². The van der Waals surface area contributed by atoms with Crippen molar-refractivity contribution in [3.8, 4) is 39.9 Å². The SMILES string of the molecule is FC(F)(F)c1cc2c(cc1N(c1ccccc1)c1ccccc1)c1cc(N(c3ccccc3)c3ccccc3)c(C(F)(F)F)cc1n2-c1ccc(-c2nc(-c3ccccc3)nc(-c3ccccc3)n2)cc1. The lowest BCUT2D eigenvalue weighted by molar-refractivity contribution is -0.137. The zero-order chi connectivity index (χ0) is 48.7. The average molecular weight is 945 g/mol. The van der Waals surface area contributed by atoms with Gasteiger partial charge in [-0.15, -0.1) is 0 Å². The zero-order valence-electron chi connectivity index (χ0n) is 37.4. The summed E-state index contributed by atoms with van der Waals surface area (Å²) in [4.78, 5) is 17.5. The Bertz CT molecular complexity index is 3350. The molecule has 0 saturated heterocycles. The van der Waals surface area contributed by atoms with Gasteiger partial charge in [0.05, 0.1) is 33.5 Å². The Morgan fingerprint density at radius 1 is 0.324 bits per heavy atom. The van der Waals surface area contributed by atoms with Crippen molar-refractivity contribution in [1.82, 2.24) is 19.5 Å². The van der Waals surface area contributed by atoms with E-state index in [1.165, 1.54) is 26.5 Å². The number of benzene rings is 9. The Kier molecular flexibility index (Phi) is 11.4. The van der Waals surface area contributed by atoms with Crippen molar-refractivity contribution in [2.45, 2.75) is 12.4 Å². The standard InChI is InChI=1S/C59H38F6N6/c60-58(61,62)49-37-51-47(35-53(49)69(42-23-11-3-12-24-42)43-25-13-4-14-26-43)48-36-54(70(44-27-15-5-16-28-44)45-29-17-6-18-30-45)50(59(63,64)65)38-52(48)71(51)46-33-31-41(32-34-46)57-67-55(39-19-7-1-8-20-39)66-56(68-57)40-21-9-2-10-22-40/h1-38H. The summed E-state index contributed by atoms with van der Waals surface area (Å²) in [5.41, 5.74) is 1.85. The Labute approximate surface area is 404 Å². The number of halogens is 6. The molecule has 6 nitrogen and oxygen atoms in total. The van der Waals surface area contributed by atoms with Gasteiger partial charge in [0.25, 0.3) is 0 Å². The Morgan fingerprint density at radius 2 is 0.606 bits per heavy atom. The fourth-order valence-corrected chi connectivity index (χ4v) is 9.05. The third kappa shape index (κ3) is 8.60. The van der Waals surface area contributed by atoms with E-state index in [2.05, 4.69) is 0 Å². The number of aromatic nitrogens is 4. The minimum absolute atomic E-state index is 0.0408. The second-order valence-corrected chi connectivity index (χ2v) is 16.7. The lowest BCUT2D eigenvalue weighted by Gasteiger charge is -2.29. The summed E-state index contributed by atoms with van der Waals surface area (Å²) in [6.45, 7) is 0. The van der Waals surface area contributed by atoms with E-state index in [0.717, 1.165) is 23.3 Å². The molecule has 11 rings (SSSR count). The third-order valence-electron chi connectivity index (χ3n) is 12.2. The van der Waals surface area contributed by atoms with E-state index in [1.54, 1.807) is 146 Å². The summed E-state index contributed by atoms with van der Waals surface area (Å²) in [5, 5.41) is 0.579. The predicted octanol–water partition coefficient (Wildman–Crippen LogP) is 16.9. The first-order chi connectivity index (χ1) is 34.5. The Balaban J connectivity index is 1.19. The molecule has 12 heteroatoms. The van der Waals surface area contributed by atoms with Crippen LogP contribution in [0.3, 0.4) is 0 Å². The van der Waals surface area contributed by atoms with Crippen LogP contribution in [0.15, 0.2) is 231 Å². The number of fused-ring (bicyclic) bond motifs is 3. The summed E-state index contributed by atoms with van der Waals surface area (Å²) in [6, 6.07) is 65.3. The number of hydrogen-bond acceptors (Lipinski definition) is 5. The predicted molar refractivity (Wildman–Crippen MR) is 270 cm³/mol. The molecule has 0 aliphatic carbocycles. The van der Waals surface area contributed by atoms with Gasteiger partial charge in [-0.25, -0.2) is 15.0 Å². The van der Waals surface area contributed by atoms with Gasteiger partial charge in [-0.05, 0) is 97.1 Å². The van der Waals surface area contributed by atoms with Crippen molar-refractivity contribution in [2.75, 3.05) is 9.80 Å². The van der Waals surface area contributed by atoms with Crippen LogP contribution in [-0.4, -0.2) is 19.5 Å². The molecule has 0 spiro atoms. The zero-order valence-corrected chi connectivity index (χ0v) is 37.4. The second kappa shape index (κ2) is 18.1. The number of alkyl halides is 6. The molecule has 0 aliphatic heterocycles. The summed E-state index contributed by atoms with van der Waals surface area (Å²) in [7, 11) is 0. The quantitative estimate of drug-likeness (QED) is 0.128. The van der Waals surface area contributed by atoms with Crippen LogP contribution in [0.25, 0.3) is 61.7 Å². The smallest absolute Gasteiger partial charge is 0.310 e. The molecule has 0 N–H and O–H groups in total. The molecule has 0 saturated carbocycles. The van der Waals surface area contributed by atoms with E-state index in [-0.39, 0.29) is 33.2 Å². The number of para-hydroxylation sites is 4. The van der Waals surface area contributed by atoms with Crippen molar-refractivity contribution in [3.05, 3.63) is 242 Å². The highest BCUT2D eigenvalue weighted by Gasteiger charge is 2.39. The van der Waals surface area contributed by atoms with Crippen LogP contribution in [-0.2, 0) is 12.4 Å². The molecule has 9 aromatic carbocycles. The molecule has 0 aliphatic rings. The number of anilines is 6. The van der Waals surface area contributed by atoms with Crippen LogP contribution in [0.5, 0.6) is 0 Å². The fraction of sp³-hybridized carbons (Fsp3) is 0.0339. The van der Waals surface area contributed by atoms with Crippen LogP contribution in [0.2, 0.25) is 0 Å². The Hall–Kier alpha value is -9.03. The number of rotatable bonds is 10. The van der Waals surface area contributed by atoms with Crippen LogP contribution in [0.4, 0.5) is 60.5 Å². The Morgan fingerprint density at radius 3 is 0.901 bits per heavy atom. The molecular weight excluding hydrogens is 907 g/mol. The molecule has 0 unspecified atom stereocenters. The summed E-state index contributed by atoms with van der Waals surface area (Å²) >= 11 is 0. The number of nitrogens with zero attached hydrogens (tertiary/aromatic N) is 6. The highest BCUT2D eigenvalue weighted by Crippen LogP contribution is 2.50. The molecule has 0 atom stereocenters. The summed E-state index contributed by atoms with van der Waals surface area (Å²) in [5.74, 6) is 1.17. The molecule has 0 radical (unpaired) electrons. The molecule has 0 bridgehead atoms. The molecule has 71 heavy (non-hydrogen) atoms. The molecular formula is C59H38F6N6. The van der Waals surface area contributed by atoms with Gasteiger partial charge in [0.2, 0.25) is 0 Å². The van der Waals surface area contributed by atoms with Crippen LogP contribution in [0, 0.1) is 0 Å². The molecule has 2 aromatic heterocycles. The maximum absolute atomic E-state index is 15.9. The molecule has 346 valence electrons. The van der Waals surface area contributed by atoms with E-state index < -0.39 is 23.5 Å². The van der Waals surface area contributed by atoms with Gasteiger partial charge >= 0.3 is 12.4 Å². The minimum atomic E-state index is -4.91. The maximum Gasteiger partial charge on any atom is 0.418 e.